The molecule has 0 atom stereocenters. The van der Waals surface area contributed by atoms with Crippen LogP contribution in [0, 0.1) is 5.41 Å². The second-order valence-corrected chi connectivity index (χ2v) is 7.19. The number of aliphatic imine (C=N–C) groups is 1. The molecule has 2 heterocycles. The molecular weight excluding hydrogens is 429 g/mol. The number of halogens is 1. The van der Waals surface area contributed by atoms with E-state index in [4.69, 9.17) is 9.15 Å². The van der Waals surface area contributed by atoms with E-state index in [0.29, 0.717) is 12.0 Å². The van der Waals surface area contributed by atoms with Crippen molar-refractivity contribution in [1.29, 1.82) is 0 Å². The van der Waals surface area contributed by atoms with E-state index in [1.165, 1.54) is 45.1 Å². The van der Waals surface area contributed by atoms with E-state index in [0.717, 1.165) is 37.8 Å². The van der Waals surface area contributed by atoms with Gasteiger partial charge in [0.15, 0.2) is 5.96 Å². The third-order valence-electron chi connectivity index (χ3n) is 5.44. The fourth-order valence-corrected chi connectivity index (χ4v) is 4.10. The van der Waals surface area contributed by atoms with Crippen molar-refractivity contribution in [3.8, 4) is 0 Å². The second-order valence-electron chi connectivity index (χ2n) is 7.19. The molecule has 0 radical (unpaired) electrons. The van der Waals surface area contributed by atoms with E-state index in [2.05, 4.69) is 15.2 Å². The third kappa shape index (κ3) is 5.88. The zero-order chi connectivity index (χ0) is 16.7. The second kappa shape index (κ2) is 10.4. The Labute approximate surface area is 168 Å². The molecule has 1 aromatic rings. The van der Waals surface area contributed by atoms with Crippen molar-refractivity contribution in [2.24, 2.45) is 10.4 Å². The smallest absolute Gasteiger partial charge is 0.193 e. The summed E-state index contributed by atoms with van der Waals surface area (Å²) >= 11 is 0. The molecular formula is C19H32IN3O2. The quantitative estimate of drug-likeness (QED) is 0.301. The summed E-state index contributed by atoms with van der Waals surface area (Å²) in [7, 11) is 1.89. The van der Waals surface area contributed by atoms with Crippen molar-refractivity contribution in [1.82, 2.24) is 10.2 Å². The average Bonchev–Trinajstić information content (AvgIpc) is 3.26. The van der Waals surface area contributed by atoms with Gasteiger partial charge in [0.1, 0.15) is 12.4 Å². The molecule has 1 aliphatic heterocycles. The van der Waals surface area contributed by atoms with E-state index < -0.39 is 0 Å². The van der Waals surface area contributed by atoms with Crippen LogP contribution < -0.4 is 5.32 Å². The lowest BCUT2D eigenvalue weighted by molar-refractivity contribution is 0.104. The maximum absolute atomic E-state index is 5.62. The van der Waals surface area contributed by atoms with Crippen LogP contribution >= 0.6 is 24.0 Å². The highest BCUT2D eigenvalue weighted by atomic mass is 127. The van der Waals surface area contributed by atoms with E-state index in [-0.39, 0.29) is 24.0 Å². The van der Waals surface area contributed by atoms with Crippen LogP contribution in [0.4, 0.5) is 0 Å². The minimum absolute atomic E-state index is 0. The molecule has 1 aromatic heterocycles. The first kappa shape index (κ1) is 20.6. The van der Waals surface area contributed by atoms with Crippen molar-refractivity contribution >= 4 is 29.9 Å². The summed E-state index contributed by atoms with van der Waals surface area (Å²) in [6.45, 7) is 4.51. The predicted molar refractivity (Wildman–Crippen MR) is 111 cm³/mol. The van der Waals surface area contributed by atoms with Crippen molar-refractivity contribution in [2.45, 2.75) is 51.6 Å². The van der Waals surface area contributed by atoms with Gasteiger partial charge in [-0.1, -0.05) is 19.3 Å². The van der Waals surface area contributed by atoms with Gasteiger partial charge >= 0.3 is 0 Å². The van der Waals surface area contributed by atoms with Gasteiger partial charge in [-0.3, -0.25) is 4.99 Å². The van der Waals surface area contributed by atoms with E-state index in [1.54, 1.807) is 6.26 Å². The molecule has 25 heavy (non-hydrogen) atoms. The Morgan fingerprint density at radius 1 is 1.32 bits per heavy atom. The highest BCUT2D eigenvalue weighted by Crippen LogP contribution is 2.43. The number of ether oxygens (including phenoxy) is 1. The number of rotatable bonds is 6. The van der Waals surface area contributed by atoms with E-state index >= 15 is 0 Å². The summed E-state index contributed by atoms with van der Waals surface area (Å²) in [6.07, 6.45) is 11.0. The summed E-state index contributed by atoms with van der Waals surface area (Å²) < 4.78 is 10.9. The van der Waals surface area contributed by atoms with Crippen LogP contribution in [0.25, 0.3) is 0 Å². The summed E-state index contributed by atoms with van der Waals surface area (Å²) in [5.74, 6) is 1.94. The number of nitrogens with one attached hydrogen (secondary N) is 1. The van der Waals surface area contributed by atoms with Gasteiger partial charge < -0.3 is 19.4 Å². The van der Waals surface area contributed by atoms with Gasteiger partial charge in [0.25, 0.3) is 0 Å². The lowest BCUT2D eigenvalue weighted by atomic mass is 9.73. The molecule has 6 heteroatoms. The summed E-state index contributed by atoms with van der Waals surface area (Å²) in [4.78, 5) is 6.94. The normalized spacial score (nSPS) is 19.9. The van der Waals surface area contributed by atoms with Crippen molar-refractivity contribution in [3.05, 3.63) is 24.2 Å². The molecule has 142 valence electrons. The van der Waals surface area contributed by atoms with Crippen molar-refractivity contribution in [2.75, 3.05) is 33.3 Å². The van der Waals surface area contributed by atoms with Gasteiger partial charge in [0.2, 0.25) is 0 Å². The minimum atomic E-state index is 0. The van der Waals surface area contributed by atoms with Crippen molar-refractivity contribution < 1.29 is 9.15 Å². The number of nitrogens with zero attached hydrogens (tertiary/aromatic N) is 2. The van der Waals surface area contributed by atoms with Crippen LogP contribution in [0.5, 0.6) is 0 Å². The van der Waals surface area contributed by atoms with Gasteiger partial charge in [-0.15, -0.1) is 24.0 Å². The summed E-state index contributed by atoms with van der Waals surface area (Å²) in [5, 5.41) is 3.50. The van der Waals surface area contributed by atoms with Gasteiger partial charge in [-0.2, -0.15) is 0 Å². The lowest BCUT2D eigenvalue weighted by Gasteiger charge is -2.33. The predicted octanol–water partition coefficient (Wildman–Crippen LogP) is 4.04. The minimum Gasteiger partial charge on any atom is -0.467 e. The van der Waals surface area contributed by atoms with Gasteiger partial charge in [-0.05, 0) is 43.2 Å². The first-order chi connectivity index (χ1) is 11.8. The molecule has 0 bridgehead atoms. The largest absolute Gasteiger partial charge is 0.467 e. The van der Waals surface area contributed by atoms with Crippen LogP contribution in [-0.2, 0) is 11.3 Å². The molecule has 2 aliphatic rings. The molecule has 5 nitrogen and oxygen atoms in total. The van der Waals surface area contributed by atoms with Gasteiger partial charge in [0, 0.05) is 33.3 Å². The number of guanidine groups is 1. The molecule has 1 aliphatic carbocycles. The summed E-state index contributed by atoms with van der Waals surface area (Å²) in [5.41, 5.74) is 0.571. The summed E-state index contributed by atoms with van der Waals surface area (Å²) in [6, 6.07) is 3.83. The third-order valence-corrected chi connectivity index (χ3v) is 5.44. The number of hydrogen-bond acceptors (Lipinski definition) is 3. The highest BCUT2D eigenvalue weighted by Gasteiger charge is 2.39. The van der Waals surface area contributed by atoms with Crippen LogP contribution in [0.1, 0.15) is 50.7 Å². The zero-order valence-electron chi connectivity index (χ0n) is 15.3. The lowest BCUT2D eigenvalue weighted by Crippen LogP contribution is -2.42. The Morgan fingerprint density at radius 2 is 2.16 bits per heavy atom. The molecule has 0 aromatic carbocycles. The van der Waals surface area contributed by atoms with Crippen LogP contribution in [0.2, 0.25) is 0 Å². The number of hydrogen-bond donors (Lipinski definition) is 1. The molecule has 1 saturated heterocycles. The van der Waals surface area contributed by atoms with Crippen LogP contribution in [0.3, 0.4) is 0 Å². The standard InChI is InChI=1S/C19H31N3O2.HI/c1-20-18(21-11-6-13-23-15-17-7-5-14-24-17)22-12-10-19(16-22)8-3-2-4-9-19;/h5,7,14H,2-4,6,8-13,15-16H2,1H3,(H,20,21);1H. The maximum atomic E-state index is 5.62. The average molecular weight is 461 g/mol. The molecule has 3 rings (SSSR count). The fraction of sp³-hybridized carbons (Fsp3) is 0.737. The molecule has 1 N–H and O–H groups in total. The van der Waals surface area contributed by atoms with E-state index in [1.807, 2.05) is 19.2 Å². The molecule has 2 fully saturated rings. The Hall–Kier alpha value is -0.760. The Kier molecular flexibility index (Phi) is 8.55. The Morgan fingerprint density at radius 3 is 2.88 bits per heavy atom. The van der Waals surface area contributed by atoms with Crippen LogP contribution in [0.15, 0.2) is 27.8 Å². The number of likely N-dealkylation sites (tertiary alicyclic amines) is 1. The van der Waals surface area contributed by atoms with Gasteiger partial charge in [0.05, 0.1) is 6.26 Å². The van der Waals surface area contributed by atoms with Crippen LogP contribution in [-0.4, -0.2) is 44.1 Å². The Bertz CT molecular complexity index is 513. The molecule has 1 spiro atoms. The molecule has 0 amide bonds. The molecule has 1 saturated carbocycles. The topological polar surface area (TPSA) is 50.0 Å². The van der Waals surface area contributed by atoms with E-state index in [9.17, 15) is 0 Å². The zero-order valence-corrected chi connectivity index (χ0v) is 17.7. The first-order valence-electron chi connectivity index (χ1n) is 9.37. The van der Waals surface area contributed by atoms with Gasteiger partial charge in [-0.25, -0.2) is 0 Å². The monoisotopic (exact) mass is 461 g/mol. The Balaban J connectivity index is 0.00000225. The fourth-order valence-electron chi connectivity index (χ4n) is 4.10. The van der Waals surface area contributed by atoms with Crippen molar-refractivity contribution in [3.63, 3.8) is 0 Å². The SMILES string of the molecule is CN=C(NCCCOCc1ccco1)N1CCC2(CCCCC2)C1.I. The number of furan rings is 1. The first-order valence-corrected chi connectivity index (χ1v) is 9.37. The highest BCUT2D eigenvalue weighted by molar-refractivity contribution is 14.0. The maximum Gasteiger partial charge on any atom is 0.193 e. The molecule has 0 unspecified atom stereocenters.